The minimum absolute atomic E-state index is 0.0188. The Kier molecular flexibility index (Phi) is 4.90. The molecule has 4 nitrogen and oxygen atoms in total. The van der Waals surface area contributed by atoms with Crippen molar-refractivity contribution in [2.24, 2.45) is 0 Å². The van der Waals surface area contributed by atoms with Crippen LogP contribution in [-0.4, -0.2) is 16.0 Å². The summed E-state index contributed by atoms with van der Waals surface area (Å²) in [5, 5.41) is 6.89. The normalized spacial score (nSPS) is 13.2. The Labute approximate surface area is 162 Å². The Morgan fingerprint density at radius 2 is 1.79 bits per heavy atom. The highest BCUT2D eigenvalue weighted by atomic mass is 19.1. The molecular formula is C23H21FN2O2. The van der Waals surface area contributed by atoms with Crippen molar-refractivity contribution in [3.63, 3.8) is 0 Å². The van der Waals surface area contributed by atoms with Gasteiger partial charge in [-0.3, -0.25) is 9.59 Å². The zero-order chi connectivity index (χ0) is 19.7. The molecule has 0 bridgehead atoms. The lowest BCUT2D eigenvalue weighted by atomic mass is 9.89. The number of nitrogens with one attached hydrogen (secondary N) is 1. The molecule has 2 aromatic carbocycles. The minimum Gasteiger partial charge on any atom is -0.295 e. The summed E-state index contributed by atoms with van der Waals surface area (Å²) in [6.07, 6.45) is 4.27. The maximum Gasteiger partial charge on any atom is 0.267 e. The topological polar surface area (TPSA) is 62.8 Å². The number of rotatable bonds is 4. The molecule has 0 aliphatic heterocycles. The predicted octanol–water partition coefficient (Wildman–Crippen LogP) is 4.25. The third kappa shape index (κ3) is 3.52. The summed E-state index contributed by atoms with van der Waals surface area (Å²) in [5.41, 5.74) is 5.41. The SMILES string of the molecule is CC(=O)c1ccc(-c2cc(Cc3n[nH]c(=O)c4c3CCCC4)ccc2F)cc1. The van der Waals surface area contributed by atoms with Gasteiger partial charge in [0.15, 0.2) is 5.78 Å². The number of hydrogen-bond acceptors (Lipinski definition) is 3. The number of hydrogen-bond donors (Lipinski definition) is 1. The molecule has 142 valence electrons. The summed E-state index contributed by atoms with van der Waals surface area (Å²) in [6, 6.07) is 12.0. The van der Waals surface area contributed by atoms with Crippen LogP contribution in [0.15, 0.2) is 47.3 Å². The third-order valence-electron chi connectivity index (χ3n) is 5.39. The third-order valence-corrected chi connectivity index (χ3v) is 5.39. The fourth-order valence-electron chi connectivity index (χ4n) is 3.86. The van der Waals surface area contributed by atoms with E-state index in [1.807, 2.05) is 6.07 Å². The van der Waals surface area contributed by atoms with E-state index in [4.69, 9.17) is 0 Å². The van der Waals surface area contributed by atoms with Crippen LogP contribution in [0, 0.1) is 5.82 Å². The molecule has 1 aromatic heterocycles. The fraction of sp³-hybridized carbons (Fsp3) is 0.261. The molecule has 0 saturated heterocycles. The minimum atomic E-state index is -0.309. The average Bonchev–Trinajstić information content (AvgIpc) is 2.72. The molecular weight excluding hydrogens is 355 g/mol. The maximum atomic E-state index is 14.4. The van der Waals surface area contributed by atoms with Crippen LogP contribution in [0.5, 0.6) is 0 Å². The van der Waals surface area contributed by atoms with Gasteiger partial charge in [-0.25, -0.2) is 9.49 Å². The first-order chi connectivity index (χ1) is 13.5. The first kappa shape index (κ1) is 18.3. The van der Waals surface area contributed by atoms with E-state index in [9.17, 15) is 14.0 Å². The summed E-state index contributed by atoms with van der Waals surface area (Å²) in [7, 11) is 0. The molecule has 3 aromatic rings. The summed E-state index contributed by atoms with van der Waals surface area (Å²) < 4.78 is 14.4. The van der Waals surface area contributed by atoms with Crippen LogP contribution < -0.4 is 5.56 Å². The molecule has 0 fully saturated rings. The van der Waals surface area contributed by atoms with Crippen molar-refractivity contribution < 1.29 is 9.18 Å². The number of Topliss-reactive ketones (excluding diaryl/α,β-unsaturated/α-hetero) is 1. The van der Waals surface area contributed by atoms with Crippen LogP contribution in [0.25, 0.3) is 11.1 Å². The smallest absolute Gasteiger partial charge is 0.267 e. The van der Waals surface area contributed by atoms with Crippen molar-refractivity contribution in [3.8, 4) is 11.1 Å². The average molecular weight is 376 g/mol. The van der Waals surface area contributed by atoms with Crippen LogP contribution in [-0.2, 0) is 19.3 Å². The molecule has 0 spiro atoms. The van der Waals surface area contributed by atoms with Gasteiger partial charge in [-0.2, -0.15) is 5.10 Å². The highest BCUT2D eigenvalue weighted by Gasteiger charge is 2.18. The van der Waals surface area contributed by atoms with Crippen molar-refractivity contribution in [3.05, 3.63) is 86.6 Å². The Bertz CT molecular complexity index is 1100. The van der Waals surface area contributed by atoms with Crippen molar-refractivity contribution in [2.75, 3.05) is 0 Å². The Hall–Kier alpha value is -3.08. The summed E-state index contributed by atoms with van der Waals surface area (Å²) >= 11 is 0. The van der Waals surface area contributed by atoms with E-state index in [1.165, 1.54) is 13.0 Å². The summed E-state index contributed by atoms with van der Waals surface area (Å²) in [5.74, 6) is -0.328. The zero-order valence-electron chi connectivity index (χ0n) is 15.7. The largest absolute Gasteiger partial charge is 0.295 e. The number of ketones is 1. The second kappa shape index (κ2) is 7.50. The molecule has 0 atom stereocenters. The molecule has 1 N–H and O–H groups in total. The molecule has 0 amide bonds. The van der Waals surface area contributed by atoms with Crippen molar-refractivity contribution in [1.29, 1.82) is 0 Å². The van der Waals surface area contributed by atoms with Crippen LogP contribution >= 0.6 is 0 Å². The molecule has 1 aliphatic carbocycles. The van der Waals surface area contributed by atoms with Gasteiger partial charge in [-0.1, -0.05) is 30.3 Å². The molecule has 4 rings (SSSR count). The maximum absolute atomic E-state index is 14.4. The zero-order valence-corrected chi connectivity index (χ0v) is 15.7. The molecule has 0 saturated carbocycles. The van der Waals surface area contributed by atoms with Gasteiger partial charge in [0, 0.05) is 23.1 Å². The number of carbonyl (C=O) groups is 1. The van der Waals surface area contributed by atoms with Gasteiger partial charge in [-0.05, 0) is 61.4 Å². The van der Waals surface area contributed by atoms with Gasteiger partial charge in [0.05, 0.1) is 5.69 Å². The first-order valence-electron chi connectivity index (χ1n) is 9.52. The standard InChI is InChI=1S/C23H21FN2O2/c1-14(27)16-7-9-17(10-8-16)20-12-15(6-11-21(20)24)13-22-18-4-2-3-5-19(18)23(28)26-25-22/h6-12H,2-5,13H2,1H3,(H,26,28). The van der Waals surface area contributed by atoms with Crippen molar-refractivity contribution in [2.45, 2.75) is 39.0 Å². The van der Waals surface area contributed by atoms with Crippen molar-refractivity contribution in [1.82, 2.24) is 10.2 Å². The van der Waals surface area contributed by atoms with Gasteiger partial charge in [0.25, 0.3) is 5.56 Å². The highest BCUT2D eigenvalue weighted by Crippen LogP contribution is 2.27. The van der Waals surface area contributed by atoms with E-state index in [-0.39, 0.29) is 17.2 Å². The second-order valence-electron chi connectivity index (χ2n) is 7.29. The highest BCUT2D eigenvalue weighted by molar-refractivity contribution is 5.94. The first-order valence-corrected chi connectivity index (χ1v) is 9.52. The predicted molar refractivity (Wildman–Crippen MR) is 106 cm³/mol. The number of fused-ring (bicyclic) bond motifs is 1. The van der Waals surface area contributed by atoms with Gasteiger partial charge < -0.3 is 0 Å². The Balaban J connectivity index is 1.68. The Morgan fingerprint density at radius 3 is 2.50 bits per heavy atom. The lowest BCUT2D eigenvalue weighted by Crippen LogP contribution is -2.23. The molecule has 28 heavy (non-hydrogen) atoms. The van der Waals surface area contributed by atoms with Gasteiger partial charge >= 0.3 is 0 Å². The lowest BCUT2D eigenvalue weighted by Gasteiger charge is -2.17. The number of halogens is 1. The number of benzene rings is 2. The van der Waals surface area contributed by atoms with Gasteiger partial charge in [0.1, 0.15) is 5.82 Å². The van der Waals surface area contributed by atoms with Gasteiger partial charge in [0.2, 0.25) is 0 Å². The molecule has 0 unspecified atom stereocenters. The summed E-state index contributed by atoms with van der Waals surface area (Å²) in [4.78, 5) is 23.5. The van der Waals surface area contributed by atoms with Crippen molar-refractivity contribution >= 4 is 5.78 Å². The molecule has 5 heteroatoms. The lowest BCUT2D eigenvalue weighted by molar-refractivity contribution is 0.101. The van der Waals surface area contributed by atoms with E-state index in [2.05, 4.69) is 10.2 Å². The van der Waals surface area contributed by atoms with E-state index in [1.54, 1.807) is 30.3 Å². The van der Waals surface area contributed by atoms with Gasteiger partial charge in [-0.15, -0.1) is 0 Å². The summed E-state index contributed by atoms with van der Waals surface area (Å²) in [6.45, 7) is 1.51. The quantitative estimate of drug-likeness (QED) is 0.693. The van der Waals surface area contributed by atoms with E-state index in [0.717, 1.165) is 53.6 Å². The molecule has 1 heterocycles. The number of carbonyl (C=O) groups excluding carboxylic acids is 1. The molecule has 1 aliphatic rings. The van der Waals surface area contributed by atoms with Crippen LogP contribution in [0.2, 0.25) is 0 Å². The number of nitrogens with zero attached hydrogens (tertiary/aromatic N) is 1. The van der Waals surface area contributed by atoms with E-state index < -0.39 is 0 Å². The van der Waals surface area contributed by atoms with Crippen LogP contribution in [0.3, 0.4) is 0 Å². The number of aromatic nitrogens is 2. The van der Waals surface area contributed by atoms with E-state index >= 15 is 0 Å². The number of aromatic amines is 1. The molecule has 0 radical (unpaired) electrons. The number of H-pyrrole nitrogens is 1. The second-order valence-corrected chi connectivity index (χ2v) is 7.29. The Morgan fingerprint density at radius 1 is 1.07 bits per heavy atom. The van der Waals surface area contributed by atoms with Crippen LogP contribution in [0.1, 0.15) is 52.5 Å². The fourth-order valence-corrected chi connectivity index (χ4v) is 3.86. The van der Waals surface area contributed by atoms with E-state index in [0.29, 0.717) is 17.5 Å². The van der Waals surface area contributed by atoms with Crippen LogP contribution in [0.4, 0.5) is 4.39 Å². The monoisotopic (exact) mass is 376 g/mol.